The van der Waals surface area contributed by atoms with Crippen molar-refractivity contribution in [2.45, 2.75) is 39.3 Å². The van der Waals surface area contributed by atoms with Crippen LogP contribution in [0.15, 0.2) is 30.3 Å². The fraction of sp³-hybridized carbons (Fsp3) is 0.438. The third-order valence-electron chi connectivity index (χ3n) is 3.48. The van der Waals surface area contributed by atoms with Crippen molar-refractivity contribution in [2.24, 2.45) is 0 Å². The van der Waals surface area contributed by atoms with E-state index in [2.05, 4.69) is 4.98 Å². The summed E-state index contributed by atoms with van der Waals surface area (Å²) in [6, 6.07) is 10.2. The lowest BCUT2D eigenvalue weighted by Gasteiger charge is -2.27. The second-order valence-electron chi connectivity index (χ2n) is 5.50. The SMILES string of the molecule is CC(=O)N(CC(O)Cc1cc2ccccc2[nH]1)C(C)C. The van der Waals surface area contributed by atoms with E-state index in [0.717, 1.165) is 16.6 Å². The maximum atomic E-state index is 11.5. The minimum Gasteiger partial charge on any atom is -0.391 e. The molecule has 0 bridgehead atoms. The maximum Gasteiger partial charge on any atom is 0.219 e. The lowest BCUT2D eigenvalue weighted by atomic mass is 10.1. The van der Waals surface area contributed by atoms with Gasteiger partial charge in [0.25, 0.3) is 0 Å². The van der Waals surface area contributed by atoms with E-state index in [1.165, 1.54) is 6.92 Å². The number of carbonyl (C=O) groups is 1. The number of fused-ring (bicyclic) bond motifs is 1. The van der Waals surface area contributed by atoms with Gasteiger partial charge < -0.3 is 15.0 Å². The lowest BCUT2D eigenvalue weighted by molar-refractivity contribution is -0.132. The van der Waals surface area contributed by atoms with Crippen LogP contribution in [0.25, 0.3) is 10.9 Å². The average Bonchev–Trinajstić information content (AvgIpc) is 2.77. The summed E-state index contributed by atoms with van der Waals surface area (Å²) in [5, 5.41) is 11.3. The van der Waals surface area contributed by atoms with E-state index in [9.17, 15) is 9.90 Å². The summed E-state index contributed by atoms with van der Waals surface area (Å²) in [5.74, 6) is -0.00398. The molecule has 0 saturated heterocycles. The lowest BCUT2D eigenvalue weighted by Crippen LogP contribution is -2.41. The van der Waals surface area contributed by atoms with Crippen LogP contribution in [0.2, 0.25) is 0 Å². The molecule has 1 unspecified atom stereocenters. The fourth-order valence-corrected chi connectivity index (χ4v) is 2.49. The van der Waals surface area contributed by atoms with Gasteiger partial charge in [-0.25, -0.2) is 0 Å². The molecule has 0 fully saturated rings. The Balaban J connectivity index is 2.03. The van der Waals surface area contributed by atoms with Gasteiger partial charge in [0, 0.05) is 37.1 Å². The van der Waals surface area contributed by atoms with Gasteiger partial charge in [-0.05, 0) is 31.4 Å². The van der Waals surface area contributed by atoms with Crippen LogP contribution in [0.3, 0.4) is 0 Å². The van der Waals surface area contributed by atoms with Crippen molar-refractivity contribution in [3.63, 3.8) is 0 Å². The Hall–Kier alpha value is -1.81. The summed E-state index contributed by atoms with van der Waals surface area (Å²) < 4.78 is 0. The normalized spacial score (nSPS) is 12.8. The first-order chi connectivity index (χ1) is 9.47. The van der Waals surface area contributed by atoms with Crippen LogP contribution < -0.4 is 0 Å². The van der Waals surface area contributed by atoms with E-state index in [-0.39, 0.29) is 11.9 Å². The molecule has 1 atom stereocenters. The molecular weight excluding hydrogens is 252 g/mol. The molecule has 2 rings (SSSR count). The third-order valence-corrected chi connectivity index (χ3v) is 3.48. The molecule has 2 N–H and O–H groups in total. The highest BCUT2D eigenvalue weighted by atomic mass is 16.3. The molecule has 1 aromatic carbocycles. The zero-order valence-corrected chi connectivity index (χ0v) is 12.3. The second-order valence-corrected chi connectivity index (χ2v) is 5.50. The number of nitrogens with zero attached hydrogens (tertiary/aromatic N) is 1. The van der Waals surface area contributed by atoms with Gasteiger partial charge in [0.15, 0.2) is 0 Å². The molecule has 0 saturated carbocycles. The first-order valence-electron chi connectivity index (χ1n) is 6.99. The monoisotopic (exact) mass is 274 g/mol. The zero-order chi connectivity index (χ0) is 14.7. The number of aliphatic hydroxyl groups excluding tert-OH is 1. The summed E-state index contributed by atoms with van der Waals surface area (Å²) in [5.41, 5.74) is 2.06. The number of aromatic nitrogens is 1. The Labute approximate surface area is 119 Å². The molecule has 4 nitrogen and oxygen atoms in total. The molecule has 108 valence electrons. The number of nitrogens with one attached hydrogen (secondary N) is 1. The Morgan fingerprint density at radius 2 is 2.05 bits per heavy atom. The van der Waals surface area contributed by atoms with Gasteiger partial charge in [-0.3, -0.25) is 4.79 Å². The van der Waals surface area contributed by atoms with Gasteiger partial charge in [-0.2, -0.15) is 0 Å². The van der Waals surface area contributed by atoms with E-state index >= 15 is 0 Å². The molecule has 20 heavy (non-hydrogen) atoms. The van der Waals surface area contributed by atoms with Crippen LogP contribution >= 0.6 is 0 Å². The van der Waals surface area contributed by atoms with Crippen molar-refractivity contribution in [1.29, 1.82) is 0 Å². The molecule has 1 heterocycles. The zero-order valence-electron chi connectivity index (χ0n) is 12.3. The molecule has 1 amide bonds. The van der Waals surface area contributed by atoms with Gasteiger partial charge in [0.05, 0.1) is 6.10 Å². The second kappa shape index (κ2) is 6.09. The number of para-hydroxylation sites is 1. The minimum absolute atomic E-state index is 0.00398. The van der Waals surface area contributed by atoms with Crippen LogP contribution in [0, 0.1) is 0 Å². The van der Waals surface area contributed by atoms with E-state index in [1.54, 1.807) is 4.90 Å². The number of aliphatic hydroxyl groups is 1. The summed E-state index contributed by atoms with van der Waals surface area (Å²) in [7, 11) is 0. The van der Waals surface area contributed by atoms with E-state index < -0.39 is 6.10 Å². The molecule has 0 spiro atoms. The topological polar surface area (TPSA) is 56.3 Å². The number of hydrogen-bond donors (Lipinski definition) is 2. The van der Waals surface area contributed by atoms with Gasteiger partial charge in [0.2, 0.25) is 5.91 Å². The molecule has 0 aliphatic carbocycles. The molecule has 1 aromatic heterocycles. The number of benzene rings is 1. The minimum atomic E-state index is -0.561. The smallest absolute Gasteiger partial charge is 0.219 e. The first kappa shape index (κ1) is 14.6. The Bertz CT molecular complexity index is 556. The van der Waals surface area contributed by atoms with Crippen LogP contribution in [0.5, 0.6) is 0 Å². The summed E-state index contributed by atoms with van der Waals surface area (Å²) >= 11 is 0. The standard InChI is InChI=1S/C16H22N2O2/c1-11(2)18(12(3)19)10-15(20)9-14-8-13-6-4-5-7-16(13)17-14/h4-8,11,15,17,20H,9-10H2,1-3H3. The van der Waals surface area contributed by atoms with Crippen LogP contribution in [0.4, 0.5) is 0 Å². The molecular formula is C16H22N2O2. The Morgan fingerprint density at radius 1 is 1.35 bits per heavy atom. The maximum absolute atomic E-state index is 11.5. The first-order valence-corrected chi connectivity index (χ1v) is 6.99. The Morgan fingerprint density at radius 3 is 2.65 bits per heavy atom. The van der Waals surface area contributed by atoms with Crippen LogP contribution in [0.1, 0.15) is 26.5 Å². The highest BCUT2D eigenvalue weighted by Gasteiger charge is 2.18. The number of H-pyrrole nitrogens is 1. The number of amides is 1. The summed E-state index contributed by atoms with van der Waals surface area (Å²) in [4.78, 5) is 16.5. The molecule has 0 aliphatic rings. The molecule has 2 aromatic rings. The van der Waals surface area contributed by atoms with Crippen molar-refractivity contribution in [2.75, 3.05) is 6.54 Å². The van der Waals surface area contributed by atoms with Crippen LogP contribution in [-0.4, -0.2) is 39.6 Å². The van der Waals surface area contributed by atoms with Crippen molar-refractivity contribution >= 4 is 16.8 Å². The molecule has 4 heteroatoms. The number of hydrogen-bond acceptors (Lipinski definition) is 2. The van der Waals surface area contributed by atoms with Gasteiger partial charge >= 0.3 is 0 Å². The third kappa shape index (κ3) is 3.39. The van der Waals surface area contributed by atoms with Crippen molar-refractivity contribution in [3.8, 4) is 0 Å². The van der Waals surface area contributed by atoms with Crippen molar-refractivity contribution in [3.05, 3.63) is 36.0 Å². The Kier molecular flexibility index (Phi) is 4.45. The molecule has 0 radical (unpaired) electrons. The van der Waals surface area contributed by atoms with Crippen molar-refractivity contribution < 1.29 is 9.90 Å². The van der Waals surface area contributed by atoms with Gasteiger partial charge in [0.1, 0.15) is 0 Å². The number of carbonyl (C=O) groups excluding carboxylic acids is 1. The number of aromatic amines is 1. The van der Waals surface area contributed by atoms with E-state index in [0.29, 0.717) is 13.0 Å². The van der Waals surface area contributed by atoms with Gasteiger partial charge in [-0.1, -0.05) is 18.2 Å². The quantitative estimate of drug-likeness (QED) is 0.879. The summed E-state index contributed by atoms with van der Waals surface area (Å²) in [6.45, 7) is 5.81. The average molecular weight is 274 g/mol. The van der Waals surface area contributed by atoms with Crippen LogP contribution in [-0.2, 0) is 11.2 Å². The predicted octanol–water partition coefficient (Wildman–Crippen LogP) is 2.33. The highest BCUT2D eigenvalue weighted by Crippen LogP contribution is 2.16. The molecule has 0 aliphatic heterocycles. The highest BCUT2D eigenvalue weighted by molar-refractivity contribution is 5.80. The fourth-order valence-electron chi connectivity index (χ4n) is 2.49. The predicted molar refractivity (Wildman–Crippen MR) is 80.5 cm³/mol. The number of rotatable bonds is 5. The van der Waals surface area contributed by atoms with Crippen molar-refractivity contribution in [1.82, 2.24) is 9.88 Å². The van der Waals surface area contributed by atoms with E-state index in [4.69, 9.17) is 0 Å². The largest absolute Gasteiger partial charge is 0.391 e. The summed E-state index contributed by atoms with van der Waals surface area (Å²) in [6.07, 6.45) is -0.0417. The van der Waals surface area contributed by atoms with Gasteiger partial charge in [-0.15, -0.1) is 0 Å². The van der Waals surface area contributed by atoms with E-state index in [1.807, 2.05) is 44.2 Å².